The number of carbonyl (C=O) groups excluding carboxylic acids is 2. The summed E-state index contributed by atoms with van der Waals surface area (Å²) in [7, 11) is 0. The van der Waals surface area contributed by atoms with Crippen LogP contribution in [-0.2, 0) is 4.79 Å². The first kappa shape index (κ1) is 21.0. The topological polar surface area (TPSA) is 123 Å². The first-order valence-electron chi connectivity index (χ1n) is 11.0. The third kappa shape index (κ3) is 4.13. The molecule has 3 fully saturated rings. The summed E-state index contributed by atoms with van der Waals surface area (Å²) in [4.78, 5) is 28.6. The maximum Gasteiger partial charge on any atom is 0.254 e. The highest BCUT2D eigenvalue weighted by atomic mass is 16.3. The van der Waals surface area contributed by atoms with Gasteiger partial charge in [0, 0.05) is 31.7 Å². The highest BCUT2D eigenvalue weighted by Gasteiger charge is 2.50. The zero-order chi connectivity index (χ0) is 22.3. The Balaban J connectivity index is 1.22. The van der Waals surface area contributed by atoms with E-state index in [2.05, 4.69) is 22.2 Å². The maximum atomic E-state index is 12.9. The smallest absolute Gasteiger partial charge is 0.254 e. The maximum absolute atomic E-state index is 12.9. The molecule has 2 atom stereocenters. The highest BCUT2D eigenvalue weighted by Crippen LogP contribution is 2.37. The summed E-state index contributed by atoms with van der Waals surface area (Å²) >= 11 is 0. The number of amides is 2. The molecule has 2 aliphatic heterocycles. The molecule has 2 saturated heterocycles. The van der Waals surface area contributed by atoms with E-state index in [0.717, 1.165) is 16.7 Å². The van der Waals surface area contributed by atoms with Gasteiger partial charge in [-0.3, -0.25) is 14.9 Å². The number of rotatable bonds is 4. The van der Waals surface area contributed by atoms with E-state index >= 15 is 0 Å². The van der Waals surface area contributed by atoms with Gasteiger partial charge in [-0.2, -0.15) is 0 Å². The Labute approximate surface area is 186 Å². The van der Waals surface area contributed by atoms with E-state index < -0.39 is 5.60 Å². The lowest BCUT2D eigenvalue weighted by atomic mass is 10.0. The monoisotopic (exact) mass is 436 g/mol. The number of aliphatic hydroxyl groups is 1. The molecule has 2 aromatic carbocycles. The van der Waals surface area contributed by atoms with Gasteiger partial charge in [-0.05, 0) is 47.7 Å². The molecule has 168 valence electrons. The second-order valence-electron chi connectivity index (χ2n) is 8.68. The fourth-order valence-corrected chi connectivity index (χ4v) is 4.24. The molecule has 9 heteroatoms. The second kappa shape index (κ2) is 8.27. The summed E-state index contributed by atoms with van der Waals surface area (Å²) < 4.78 is 0. The summed E-state index contributed by atoms with van der Waals surface area (Å²) in [5.74, 6) is -0.237. The largest absolute Gasteiger partial charge is 0.380 e. The molecule has 2 aromatic rings. The van der Waals surface area contributed by atoms with E-state index in [0.29, 0.717) is 44.6 Å². The third-order valence-corrected chi connectivity index (χ3v) is 6.39. The van der Waals surface area contributed by atoms with Crippen molar-refractivity contribution in [3.63, 3.8) is 0 Å². The van der Waals surface area contributed by atoms with Gasteiger partial charge < -0.3 is 20.6 Å². The van der Waals surface area contributed by atoms with E-state index in [1.807, 2.05) is 42.5 Å². The van der Waals surface area contributed by atoms with Crippen LogP contribution in [0.25, 0.3) is 11.1 Å². The third-order valence-electron chi connectivity index (χ3n) is 6.39. The van der Waals surface area contributed by atoms with Crippen LogP contribution in [0.2, 0.25) is 0 Å². The van der Waals surface area contributed by atoms with E-state index in [-0.39, 0.29) is 24.3 Å². The SMILES string of the molecule is NC1NNC(c2cccc(-c3ccc(C(=O)N4CCN(C(=O)C5(O)CC5)CC4)cc3)c2)N1. The van der Waals surface area contributed by atoms with Crippen molar-refractivity contribution in [1.82, 2.24) is 26.0 Å². The fraction of sp³-hybridized carbons (Fsp3) is 0.391. The summed E-state index contributed by atoms with van der Waals surface area (Å²) in [6.45, 7) is 1.86. The number of piperazine rings is 1. The van der Waals surface area contributed by atoms with Crippen LogP contribution in [0.1, 0.15) is 34.9 Å². The average Bonchev–Trinajstić information content (AvgIpc) is 3.44. The number of benzene rings is 2. The molecule has 0 bridgehead atoms. The predicted octanol–water partition coefficient (Wildman–Crippen LogP) is 0.101. The van der Waals surface area contributed by atoms with Crippen molar-refractivity contribution in [1.29, 1.82) is 0 Å². The first-order chi connectivity index (χ1) is 15.4. The lowest BCUT2D eigenvalue weighted by Crippen LogP contribution is -2.53. The van der Waals surface area contributed by atoms with Crippen LogP contribution < -0.4 is 21.9 Å². The van der Waals surface area contributed by atoms with Gasteiger partial charge in [0.05, 0.1) is 6.17 Å². The van der Waals surface area contributed by atoms with Crippen molar-refractivity contribution in [3.05, 3.63) is 59.7 Å². The molecule has 9 nitrogen and oxygen atoms in total. The molecule has 1 saturated carbocycles. The highest BCUT2D eigenvalue weighted by molar-refractivity contribution is 5.95. The lowest BCUT2D eigenvalue weighted by Gasteiger charge is -2.35. The van der Waals surface area contributed by atoms with Crippen LogP contribution in [0.15, 0.2) is 48.5 Å². The van der Waals surface area contributed by atoms with Gasteiger partial charge in [0.1, 0.15) is 11.9 Å². The van der Waals surface area contributed by atoms with Gasteiger partial charge in [-0.1, -0.05) is 30.3 Å². The quantitative estimate of drug-likeness (QED) is 0.461. The van der Waals surface area contributed by atoms with Crippen molar-refractivity contribution < 1.29 is 14.7 Å². The molecular weight excluding hydrogens is 408 g/mol. The average molecular weight is 437 g/mol. The number of nitrogens with two attached hydrogens (primary N) is 1. The number of nitrogens with zero attached hydrogens (tertiary/aromatic N) is 2. The fourth-order valence-electron chi connectivity index (χ4n) is 4.24. The van der Waals surface area contributed by atoms with E-state index in [1.165, 1.54) is 0 Å². The number of carbonyl (C=O) groups is 2. The van der Waals surface area contributed by atoms with E-state index in [1.54, 1.807) is 9.80 Å². The van der Waals surface area contributed by atoms with Gasteiger partial charge in [-0.25, -0.2) is 10.9 Å². The van der Waals surface area contributed by atoms with Crippen molar-refractivity contribution in [2.24, 2.45) is 5.73 Å². The number of hydrogen-bond acceptors (Lipinski definition) is 7. The van der Waals surface area contributed by atoms with E-state index in [4.69, 9.17) is 5.73 Å². The predicted molar refractivity (Wildman–Crippen MR) is 119 cm³/mol. The minimum absolute atomic E-state index is 0.0399. The van der Waals surface area contributed by atoms with Crippen LogP contribution in [0.3, 0.4) is 0 Å². The molecule has 32 heavy (non-hydrogen) atoms. The van der Waals surface area contributed by atoms with Gasteiger partial charge >= 0.3 is 0 Å². The van der Waals surface area contributed by atoms with Crippen LogP contribution in [0, 0.1) is 0 Å². The Morgan fingerprint density at radius 3 is 2.25 bits per heavy atom. The molecule has 2 heterocycles. The standard InChI is InChI=1S/C23H28N6O3/c24-22-25-19(26-27-22)18-3-1-2-17(14-18)15-4-6-16(7-5-15)20(30)28-10-12-29(13-11-28)21(31)23(32)8-9-23/h1-7,14,19,22,25-27,32H,8-13,24H2. The number of nitrogens with one attached hydrogen (secondary N) is 3. The number of hydrazine groups is 1. The van der Waals surface area contributed by atoms with Crippen molar-refractivity contribution in [2.75, 3.05) is 26.2 Å². The van der Waals surface area contributed by atoms with Crippen LogP contribution in [0.5, 0.6) is 0 Å². The van der Waals surface area contributed by atoms with Crippen molar-refractivity contribution >= 4 is 11.8 Å². The zero-order valence-corrected chi connectivity index (χ0v) is 17.8. The van der Waals surface area contributed by atoms with Crippen LogP contribution in [0.4, 0.5) is 0 Å². The Morgan fingerprint density at radius 1 is 0.938 bits per heavy atom. The molecule has 0 aromatic heterocycles. The minimum Gasteiger partial charge on any atom is -0.380 e. The lowest BCUT2D eigenvalue weighted by molar-refractivity contribution is -0.143. The van der Waals surface area contributed by atoms with Gasteiger partial charge in [-0.15, -0.1) is 0 Å². The molecule has 3 aliphatic rings. The molecule has 6 N–H and O–H groups in total. The normalized spacial score (nSPS) is 24.4. The second-order valence-corrected chi connectivity index (χ2v) is 8.68. The van der Waals surface area contributed by atoms with Crippen LogP contribution >= 0.6 is 0 Å². The molecule has 2 amide bonds. The summed E-state index contributed by atoms with van der Waals surface area (Å²) in [5, 5.41) is 13.2. The number of hydrogen-bond donors (Lipinski definition) is 5. The molecule has 2 unspecified atom stereocenters. The Kier molecular flexibility index (Phi) is 5.44. The van der Waals surface area contributed by atoms with Gasteiger partial charge in [0.25, 0.3) is 11.8 Å². The summed E-state index contributed by atoms with van der Waals surface area (Å²) in [6, 6.07) is 15.7. The summed E-state index contributed by atoms with van der Waals surface area (Å²) in [5.41, 5.74) is 14.5. The first-order valence-corrected chi connectivity index (χ1v) is 11.0. The Hall–Kier alpha value is -2.82. The summed E-state index contributed by atoms with van der Waals surface area (Å²) in [6.07, 6.45) is 0.709. The molecule has 1 aliphatic carbocycles. The van der Waals surface area contributed by atoms with Crippen molar-refractivity contribution in [2.45, 2.75) is 30.9 Å². The minimum atomic E-state index is -1.15. The molecular formula is C23H28N6O3. The Bertz CT molecular complexity index is 1010. The van der Waals surface area contributed by atoms with Gasteiger partial charge in [0.2, 0.25) is 0 Å². The van der Waals surface area contributed by atoms with Gasteiger partial charge in [0.15, 0.2) is 0 Å². The van der Waals surface area contributed by atoms with Crippen molar-refractivity contribution in [3.8, 4) is 11.1 Å². The molecule has 5 rings (SSSR count). The van der Waals surface area contributed by atoms with Crippen LogP contribution in [-0.4, -0.2) is 64.8 Å². The van der Waals surface area contributed by atoms with E-state index in [9.17, 15) is 14.7 Å². The Morgan fingerprint density at radius 2 is 1.62 bits per heavy atom. The molecule has 0 spiro atoms. The molecule has 0 radical (unpaired) electrons. The zero-order valence-electron chi connectivity index (χ0n) is 17.8.